The van der Waals surface area contributed by atoms with E-state index in [-0.39, 0.29) is 37.5 Å². The van der Waals surface area contributed by atoms with Crippen LogP contribution in [0, 0.1) is 0 Å². The quantitative estimate of drug-likeness (QED) is 0.208. The number of nitrogens with one attached hydrogen (secondary N) is 1. The molecule has 1 atom stereocenters. The standard InChI is InChI=1S/C28H27BrN4O6/c1-37-25-22(14-31-23(15-34)27(35)36)26(38-16-18-7-6-12-30-13-18)33-28(32-25)39-17-20-10-5-11-21(24(20)29)19-8-3-2-4-9-19/h2-13,23,31,34H,14-17H2,1H3,(H,35,36). The summed E-state index contributed by atoms with van der Waals surface area (Å²) in [6.07, 6.45) is 3.32. The minimum atomic E-state index is -1.20. The number of benzene rings is 2. The van der Waals surface area contributed by atoms with Crippen molar-refractivity contribution in [3.63, 3.8) is 0 Å². The first kappa shape index (κ1) is 28.0. The zero-order chi connectivity index (χ0) is 27.6. The summed E-state index contributed by atoms with van der Waals surface area (Å²) in [6.45, 7) is -0.320. The number of methoxy groups -OCH3 is 1. The Morgan fingerprint density at radius 1 is 1.00 bits per heavy atom. The fourth-order valence-electron chi connectivity index (χ4n) is 3.69. The Labute approximate surface area is 233 Å². The van der Waals surface area contributed by atoms with Crippen molar-refractivity contribution in [1.82, 2.24) is 20.3 Å². The van der Waals surface area contributed by atoms with Crippen LogP contribution < -0.4 is 19.5 Å². The van der Waals surface area contributed by atoms with Gasteiger partial charge in [0, 0.05) is 34.5 Å². The molecule has 3 N–H and O–H groups in total. The third-order valence-electron chi connectivity index (χ3n) is 5.73. The molecule has 4 aromatic rings. The molecule has 0 saturated carbocycles. The monoisotopic (exact) mass is 594 g/mol. The summed E-state index contributed by atoms with van der Waals surface area (Å²) in [4.78, 5) is 24.3. The predicted molar refractivity (Wildman–Crippen MR) is 146 cm³/mol. The van der Waals surface area contributed by atoms with Crippen LogP contribution >= 0.6 is 15.9 Å². The number of ether oxygens (including phenoxy) is 3. The number of aromatic nitrogens is 3. The minimum absolute atomic E-state index is 0.0192. The number of carbonyl (C=O) groups is 1. The van der Waals surface area contributed by atoms with E-state index in [1.807, 2.05) is 54.6 Å². The van der Waals surface area contributed by atoms with E-state index in [4.69, 9.17) is 14.2 Å². The van der Waals surface area contributed by atoms with Crippen molar-refractivity contribution in [2.24, 2.45) is 0 Å². The molecule has 39 heavy (non-hydrogen) atoms. The van der Waals surface area contributed by atoms with Gasteiger partial charge in [0.15, 0.2) is 0 Å². The number of halogens is 1. The summed E-state index contributed by atoms with van der Waals surface area (Å²) >= 11 is 3.70. The Morgan fingerprint density at radius 2 is 1.79 bits per heavy atom. The lowest BCUT2D eigenvalue weighted by atomic mass is 10.0. The van der Waals surface area contributed by atoms with Crippen molar-refractivity contribution >= 4 is 21.9 Å². The largest absolute Gasteiger partial charge is 0.481 e. The number of nitrogens with zero attached hydrogens (tertiary/aromatic N) is 3. The second-order valence-electron chi connectivity index (χ2n) is 8.34. The lowest BCUT2D eigenvalue weighted by Crippen LogP contribution is -2.39. The van der Waals surface area contributed by atoms with Gasteiger partial charge in [-0.25, -0.2) is 0 Å². The molecule has 2 aromatic carbocycles. The van der Waals surface area contributed by atoms with Crippen molar-refractivity contribution in [1.29, 1.82) is 0 Å². The second-order valence-corrected chi connectivity index (χ2v) is 9.13. The fraction of sp³-hybridized carbons (Fsp3) is 0.214. The van der Waals surface area contributed by atoms with Gasteiger partial charge in [0.2, 0.25) is 11.8 Å². The third kappa shape index (κ3) is 7.29. The number of aliphatic carboxylic acids is 1. The van der Waals surface area contributed by atoms with E-state index in [9.17, 15) is 15.0 Å². The van der Waals surface area contributed by atoms with Gasteiger partial charge in [-0.1, -0.05) is 54.6 Å². The first-order chi connectivity index (χ1) is 19.0. The minimum Gasteiger partial charge on any atom is -0.481 e. The molecule has 0 aliphatic carbocycles. The topological polar surface area (TPSA) is 136 Å². The van der Waals surface area contributed by atoms with Crippen molar-refractivity contribution < 1.29 is 29.2 Å². The number of rotatable bonds is 13. The van der Waals surface area contributed by atoms with Gasteiger partial charge in [-0.15, -0.1) is 0 Å². The molecule has 0 spiro atoms. The van der Waals surface area contributed by atoms with Crippen LogP contribution in [0.3, 0.4) is 0 Å². The molecule has 0 aliphatic rings. The first-order valence-electron chi connectivity index (χ1n) is 12.0. The predicted octanol–water partition coefficient (Wildman–Crippen LogP) is 4.00. The van der Waals surface area contributed by atoms with E-state index in [1.165, 1.54) is 7.11 Å². The highest BCUT2D eigenvalue weighted by molar-refractivity contribution is 9.10. The molecule has 0 aliphatic heterocycles. The number of pyridine rings is 1. The van der Waals surface area contributed by atoms with E-state index in [1.54, 1.807) is 18.5 Å². The van der Waals surface area contributed by atoms with Gasteiger partial charge in [-0.05, 0) is 33.1 Å². The molecular weight excluding hydrogens is 568 g/mol. The SMILES string of the molecule is COc1nc(OCc2cccc(-c3ccccc3)c2Br)nc(OCc2cccnc2)c1CNC(CO)C(=O)O. The van der Waals surface area contributed by atoms with Gasteiger partial charge in [0.1, 0.15) is 19.3 Å². The average molecular weight is 595 g/mol. The van der Waals surface area contributed by atoms with Crippen molar-refractivity contribution in [2.45, 2.75) is 25.8 Å². The molecule has 202 valence electrons. The van der Waals surface area contributed by atoms with E-state index in [0.29, 0.717) is 5.56 Å². The molecule has 0 amide bonds. The maximum absolute atomic E-state index is 11.4. The number of aliphatic hydroxyl groups excluding tert-OH is 1. The number of carboxylic acids is 1. The molecule has 0 radical (unpaired) electrons. The summed E-state index contributed by atoms with van der Waals surface area (Å²) in [6, 6.07) is 18.4. The molecular formula is C28H27BrN4O6. The Balaban J connectivity index is 1.60. The van der Waals surface area contributed by atoms with Gasteiger partial charge in [0.05, 0.1) is 19.3 Å². The van der Waals surface area contributed by atoms with Crippen LogP contribution in [0.25, 0.3) is 11.1 Å². The summed E-state index contributed by atoms with van der Waals surface area (Å²) in [5, 5.41) is 21.4. The first-order valence-corrected chi connectivity index (χ1v) is 12.8. The van der Waals surface area contributed by atoms with Crippen molar-refractivity contribution in [2.75, 3.05) is 13.7 Å². The lowest BCUT2D eigenvalue weighted by Gasteiger charge is -2.17. The molecule has 0 fully saturated rings. The van der Waals surface area contributed by atoms with Gasteiger partial charge >= 0.3 is 12.0 Å². The van der Waals surface area contributed by atoms with Crippen LogP contribution in [0.2, 0.25) is 0 Å². The second kappa shape index (κ2) is 13.7. The van der Waals surface area contributed by atoms with Gasteiger partial charge in [-0.2, -0.15) is 9.97 Å². The van der Waals surface area contributed by atoms with Crippen LogP contribution in [0.1, 0.15) is 16.7 Å². The van der Waals surface area contributed by atoms with Crippen LogP contribution in [0.4, 0.5) is 0 Å². The Bertz CT molecular complexity index is 1390. The van der Waals surface area contributed by atoms with E-state index < -0.39 is 18.6 Å². The zero-order valence-electron chi connectivity index (χ0n) is 21.1. The number of carboxylic acid groups (broad SMARTS) is 1. The van der Waals surface area contributed by atoms with Gasteiger partial charge in [0.25, 0.3) is 0 Å². The number of aliphatic hydroxyl groups is 1. The Morgan fingerprint density at radius 3 is 2.49 bits per heavy atom. The molecule has 10 nitrogen and oxygen atoms in total. The van der Waals surface area contributed by atoms with Crippen LogP contribution in [-0.2, 0) is 24.6 Å². The fourth-order valence-corrected chi connectivity index (χ4v) is 4.30. The normalized spacial score (nSPS) is 11.6. The zero-order valence-corrected chi connectivity index (χ0v) is 22.7. The highest BCUT2D eigenvalue weighted by atomic mass is 79.9. The number of hydrogen-bond donors (Lipinski definition) is 3. The van der Waals surface area contributed by atoms with Gasteiger partial charge < -0.3 is 24.4 Å². The summed E-state index contributed by atoms with van der Waals surface area (Å²) in [5.41, 5.74) is 4.15. The molecule has 4 rings (SSSR count). The maximum atomic E-state index is 11.4. The van der Waals surface area contributed by atoms with Crippen molar-refractivity contribution in [3.05, 3.63) is 94.2 Å². The van der Waals surface area contributed by atoms with E-state index in [2.05, 4.69) is 36.2 Å². The highest BCUT2D eigenvalue weighted by Crippen LogP contribution is 2.32. The summed E-state index contributed by atoms with van der Waals surface area (Å²) in [5.74, 6) is -0.904. The molecule has 1 unspecified atom stereocenters. The highest BCUT2D eigenvalue weighted by Gasteiger charge is 2.22. The molecule has 0 saturated heterocycles. The van der Waals surface area contributed by atoms with E-state index in [0.717, 1.165) is 26.7 Å². The smallest absolute Gasteiger partial charge is 0.323 e. The number of hydrogen-bond acceptors (Lipinski definition) is 9. The third-order valence-corrected chi connectivity index (χ3v) is 6.67. The lowest BCUT2D eigenvalue weighted by molar-refractivity contribution is -0.140. The average Bonchev–Trinajstić information content (AvgIpc) is 2.97. The maximum Gasteiger partial charge on any atom is 0.323 e. The van der Waals surface area contributed by atoms with Gasteiger partial charge in [-0.3, -0.25) is 15.1 Å². The van der Waals surface area contributed by atoms with E-state index >= 15 is 0 Å². The molecule has 2 aromatic heterocycles. The Kier molecular flexibility index (Phi) is 9.79. The molecule has 0 bridgehead atoms. The van der Waals surface area contributed by atoms with Crippen LogP contribution in [-0.4, -0.2) is 50.9 Å². The molecule has 2 heterocycles. The van der Waals surface area contributed by atoms with Crippen LogP contribution in [0.15, 0.2) is 77.5 Å². The molecule has 11 heteroatoms. The van der Waals surface area contributed by atoms with Crippen LogP contribution in [0.5, 0.6) is 17.8 Å². The van der Waals surface area contributed by atoms with Crippen molar-refractivity contribution in [3.8, 4) is 28.9 Å². The summed E-state index contributed by atoms with van der Waals surface area (Å²) < 4.78 is 18.3. The Hall–Kier alpha value is -4.06. The summed E-state index contributed by atoms with van der Waals surface area (Å²) in [7, 11) is 1.43.